The van der Waals surface area contributed by atoms with E-state index in [0.717, 1.165) is 0 Å². The first kappa shape index (κ1) is 14.9. The van der Waals surface area contributed by atoms with Crippen molar-refractivity contribution in [3.05, 3.63) is 39.4 Å². The zero-order valence-corrected chi connectivity index (χ0v) is 11.3. The average Bonchev–Trinajstić information content (AvgIpc) is 2.45. The lowest BCUT2D eigenvalue weighted by Gasteiger charge is -2.30. The number of hydrogen-bond donors (Lipinski definition) is 1. The number of aryl methyl sites for hydroxylation is 1. The van der Waals surface area contributed by atoms with Crippen molar-refractivity contribution < 1.29 is 24.4 Å². The molecular formula is C13H14N2O6. The summed E-state index contributed by atoms with van der Waals surface area (Å²) in [5, 5.41) is 19.7. The van der Waals surface area contributed by atoms with Crippen molar-refractivity contribution in [3.63, 3.8) is 0 Å². The molecule has 21 heavy (non-hydrogen) atoms. The molecule has 0 spiro atoms. The number of hydrogen-bond acceptors (Lipinski definition) is 5. The number of carboxylic acid groups (broad SMARTS) is 1. The van der Waals surface area contributed by atoms with Gasteiger partial charge >= 0.3 is 5.97 Å². The van der Waals surface area contributed by atoms with Crippen LogP contribution in [0, 0.1) is 17.0 Å². The first-order valence-electron chi connectivity index (χ1n) is 6.28. The van der Waals surface area contributed by atoms with E-state index in [1.807, 2.05) is 0 Å². The predicted molar refractivity (Wildman–Crippen MR) is 71.1 cm³/mol. The predicted octanol–water partition coefficient (Wildman–Crippen LogP) is 0.829. The molecule has 2 rings (SSSR count). The number of benzene rings is 1. The summed E-state index contributed by atoms with van der Waals surface area (Å²) < 4.78 is 5.04. The van der Waals surface area contributed by atoms with E-state index in [2.05, 4.69) is 0 Å². The topological polar surface area (TPSA) is 110 Å². The summed E-state index contributed by atoms with van der Waals surface area (Å²) in [6, 6.07) is 4.11. The van der Waals surface area contributed by atoms with Crippen LogP contribution in [-0.2, 0) is 9.53 Å². The summed E-state index contributed by atoms with van der Waals surface area (Å²) in [7, 11) is 0. The van der Waals surface area contributed by atoms with E-state index in [9.17, 15) is 19.7 Å². The van der Waals surface area contributed by atoms with Crippen LogP contribution in [0.2, 0.25) is 0 Å². The van der Waals surface area contributed by atoms with Crippen LogP contribution >= 0.6 is 0 Å². The molecule has 1 aliphatic rings. The van der Waals surface area contributed by atoms with E-state index in [0.29, 0.717) is 5.56 Å². The van der Waals surface area contributed by atoms with Crippen LogP contribution in [0.3, 0.4) is 0 Å². The molecule has 1 N–H and O–H groups in total. The van der Waals surface area contributed by atoms with Crippen molar-refractivity contribution >= 4 is 17.6 Å². The molecule has 1 unspecified atom stereocenters. The van der Waals surface area contributed by atoms with Crippen molar-refractivity contribution in [2.75, 3.05) is 19.7 Å². The highest BCUT2D eigenvalue weighted by Crippen LogP contribution is 2.19. The van der Waals surface area contributed by atoms with Gasteiger partial charge in [-0.3, -0.25) is 14.9 Å². The number of amides is 1. The molecule has 0 saturated carbocycles. The lowest BCUT2D eigenvalue weighted by molar-refractivity contribution is -0.384. The number of rotatable bonds is 3. The number of nitro groups is 1. The largest absolute Gasteiger partial charge is 0.479 e. The van der Waals surface area contributed by atoms with Gasteiger partial charge < -0.3 is 14.7 Å². The maximum atomic E-state index is 12.3. The van der Waals surface area contributed by atoms with Gasteiger partial charge in [-0.1, -0.05) is 0 Å². The first-order chi connectivity index (χ1) is 9.88. The van der Waals surface area contributed by atoms with Gasteiger partial charge in [0.15, 0.2) is 6.10 Å². The molecule has 8 nitrogen and oxygen atoms in total. The molecule has 1 aliphatic heterocycles. The van der Waals surface area contributed by atoms with E-state index in [4.69, 9.17) is 9.84 Å². The average molecular weight is 294 g/mol. The molecule has 0 bridgehead atoms. The van der Waals surface area contributed by atoms with Gasteiger partial charge in [-0.2, -0.15) is 0 Å². The Labute approximate surface area is 120 Å². The highest BCUT2D eigenvalue weighted by atomic mass is 16.6. The van der Waals surface area contributed by atoms with E-state index >= 15 is 0 Å². The maximum Gasteiger partial charge on any atom is 0.334 e. The maximum absolute atomic E-state index is 12.3. The second-order valence-corrected chi connectivity index (χ2v) is 4.76. The number of nitrogens with zero attached hydrogens (tertiary/aromatic N) is 2. The first-order valence-corrected chi connectivity index (χ1v) is 6.28. The third-order valence-electron chi connectivity index (χ3n) is 3.15. The number of carbonyl (C=O) groups is 2. The molecule has 1 amide bonds. The van der Waals surface area contributed by atoms with Gasteiger partial charge in [0, 0.05) is 24.2 Å². The summed E-state index contributed by atoms with van der Waals surface area (Å²) in [6.45, 7) is 1.96. The van der Waals surface area contributed by atoms with Gasteiger partial charge in [0.2, 0.25) is 0 Å². The van der Waals surface area contributed by atoms with Crippen LogP contribution in [0.15, 0.2) is 18.2 Å². The van der Waals surface area contributed by atoms with Crippen LogP contribution in [0.1, 0.15) is 15.9 Å². The molecule has 0 radical (unpaired) electrons. The Kier molecular flexibility index (Phi) is 4.18. The highest BCUT2D eigenvalue weighted by molar-refractivity contribution is 5.95. The van der Waals surface area contributed by atoms with Gasteiger partial charge in [0.25, 0.3) is 11.6 Å². The minimum absolute atomic E-state index is 0.0735. The van der Waals surface area contributed by atoms with Gasteiger partial charge in [-0.05, 0) is 18.6 Å². The normalized spacial score (nSPS) is 18.3. The molecule has 8 heteroatoms. The molecule has 0 aromatic heterocycles. The third kappa shape index (κ3) is 3.34. The molecule has 0 aliphatic carbocycles. The van der Waals surface area contributed by atoms with Crippen LogP contribution in [-0.4, -0.2) is 52.6 Å². The SMILES string of the molecule is Cc1cc(C(=O)N2CCOC(C(=O)O)C2)cc([N+](=O)[O-])c1. The van der Waals surface area contributed by atoms with Crippen molar-refractivity contribution in [1.29, 1.82) is 0 Å². The summed E-state index contributed by atoms with van der Waals surface area (Å²) >= 11 is 0. The van der Waals surface area contributed by atoms with Crippen molar-refractivity contribution in [2.24, 2.45) is 0 Å². The van der Waals surface area contributed by atoms with Gasteiger partial charge in [-0.25, -0.2) is 4.79 Å². The number of morpholine rings is 1. The van der Waals surface area contributed by atoms with Crippen molar-refractivity contribution in [1.82, 2.24) is 4.90 Å². The molecular weight excluding hydrogens is 280 g/mol. The van der Waals surface area contributed by atoms with Crippen LogP contribution in [0.4, 0.5) is 5.69 Å². The van der Waals surface area contributed by atoms with Crippen LogP contribution in [0.5, 0.6) is 0 Å². The number of nitro benzene ring substituents is 1. The fraction of sp³-hybridized carbons (Fsp3) is 0.385. The summed E-state index contributed by atoms with van der Waals surface area (Å²) in [6.07, 6.45) is -1.07. The fourth-order valence-electron chi connectivity index (χ4n) is 2.16. The Balaban J connectivity index is 2.23. The minimum atomic E-state index is -1.14. The smallest absolute Gasteiger partial charge is 0.334 e. The van der Waals surface area contributed by atoms with Gasteiger partial charge in [0.05, 0.1) is 18.1 Å². The zero-order valence-electron chi connectivity index (χ0n) is 11.3. The Morgan fingerprint density at radius 3 is 2.76 bits per heavy atom. The zero-order chi connectivity index (χ0) is 15.6. The number of carboxylic acids is 1. The lowest BCUT2D eigenvalue weighted by Crippen LogP contribution is -2.48. The summed E-state index contributed by atoms with van der Waals surface area (Å²) in [4.78, 5) is 34.9. The molecule has 1 aromatic rings. The quantitative estimate of drug-likeness (QED) is 0.653. The van der Waals surface area contributed by atoms with Crippen molar-refractivity contribution in [3.8, 4) is 0 Å². The standard InChI is InChI=1S/C13H14N2O6/c1-8-4-9(6-10(5-8)15(19)20)12(16)14-2-3-21-11(7-14)13(17)18/h4-6,11H,2-3,7H2,1H3,(H,17,18). The third-order valence-corrected chi connectivity index (χ3v) is 3.15. The van der Waals surface area contributed by atoms with Crippen LogP contribution in [0.25, 0.3) is 0 Å². The van der Waals surface area contributed by atoms with E-state index in [-0.39, 0.29) is 30.9 Å². The van der Waals surface area contributed by atoms with E-state index < -0.39 is 22.9 Å². The second kappa shape index (κ2) is 5.88. The second-order valence-electron chi connectivity index (χ2n) is 4.76. The molecule has 1 aromatic carbocycles. The van der Waals surface area contributed by atoms with Crippen LogP contribution < -0.4 is 0 Å². The lowest BCUT2D eigenvalue weighted by atomic mass is 10.1. The minimum Gasteiger partial charge on any atom is -0.479 e. The number of non-ortho nitro benzene ring substituents is 1. The Morgan fingerprint density at radius 2 is 2.14 bits per heavy atom. The highest BCUT2D eigenvalue weighted by Gasteiger charge is 2.30. The number of aliphatic carboxylic acids is 1. The van der Waals surface area contributed by atoms with Gasteiger partial charge in [0.1, 0.15) is 0 Å². The number of carbonyl (C=O) groups excluding carboxylic acids is 1. The van der Waals surface area contributed by atoms with Crippen molar-refractivity contribution in [2.45, 2.75) is 13.0 Å². The summed E-state index contributed by atoms with van der Waals surface area (Å²) in [5.41, 5.74) is 0.602. The molecule has 1 fully saturated rings. The molecule has 112 valence electrons. The summed E-state index contributed by atoms with van der Waals surface area (Å²) in [5.74, 6) is -1.57. The fourth-order valence-corrected chi connectivity index (χ4v) is 2.16. The van der Waals surface area contributed by atoms with Gasteiger partial charge in [-0.15, -0.1) is 0 Å². The molecule has 1 heterocycles. The monoisotopic (exact) mass is 294 g/mol. The Bertz CT molecular complexity index is 600. The van der Waals surface area contributed by atoms with E-state index in [1.165, 1.54) is 17.0 Å². The van der Waals surface area contributed by atoms with E-state index in [1.54, 1.807) is 13.0 Å². The molecule has 1 saturated heterocycles. The molecule has 1 atom stereocenters. The Morgan fingerprint density at radius 1 is 1.43 bits per heavy atom. The Hall–Kier alpha value is -2.48. The number of ether oxygens (including phenoxy) is 1.